The molecule has 1 N–H and O–H groups in total. The van der Waals surface area contributed by atoms with Gasteiger partial charge in [0.1, 0.15) is 27.9 Å². The fraction of sp³-hybridized carbons (Fsp3) is 0.0357. The van der Waals surface area contributed by atoms with E-state index in [0.717, 1.165) is 27.7 Å². The first-order valence-corrected chi connectivity index (χ1v) is 11.8. The summed E-state index contributed by atoms with van der Waals surface area (Å²) >= 11 is 5.95. The largest absolute Gasteiger partial charge is 0.495 e. The fourth-order valence-corrected chi connectivity index (χ4v) is 4.09. The van der Waals surface area contributed by atoms with Crippen molar-refractivity contribution in [3.05, 3.63) is 96.5 Å². The van der Waals surface area contributed by atoms with Crippen molar-refractivity contribution in [2.24, 2.45) is 0 Å². The molecule has 4 heterocycles. The first-order chi connectivity index (χ1) is 18.2. The highest BCUT2D eigenvalue weighted by Gasteiger charge is 2.12. The van der Waals surface area contributed by atoms with Gasteiger partial charge in [-0.15, -0.1) is 10.2 Å². The zero-order valence-electron chi connectivity index (χ0n) is 19.6. The van der Waals surface area contributed by atoms with E-state index in [1.54, 1.807) is 37.8 Å². The lowest BCUT2D eigenvalue weighted by Gasteiger charge is -2.12. The smallest absolute Gasteiger partial charge is 0.161 e. The lowest BCUT2D eigenvalue weighted by atomic mass is 10.1. The Hall–Kier alpha value is -4.82. The molecule has 0 saturated heterocycles. The number of hydrogen-bond donors (Lipinski definition) is 1. The van der Waals surface area contributed by atoms with Crippen molar-refractivity contribution in [1.82, 2.24) is 25.1 Å². The van der Waals surface area contributed by atoms with Gasteiger partial charge in [0.15, 0.2) is 11.6 Å². The molecule has 9 heteroatoms. The summed E-state index contributed by atoms with van der Waals surface area (Å²) in [5, 5.41) is 14.6. The Morgan fingerprint density at radius 3 is 2.41 bits per heavy atom. The molecule has 0 saturated carbocycles. The first kappa shape index (κ1) is 22.6. The molecule has 180 valence electrons. The van der Waals surface area contributed by atoms with Gasteiger partial charge < -0.3 is 14.8 Å². The van der Waals surface area contributed by atoms with Crippen LogP contribution in [0.25, 0.3) is 33.1 Å². The van der Waals surface area contributed by atoms with Crippen molar-refractivity contribution in [3.8, 4) is 28.5 Å². The van der Waals surface area contributed by atoms with Crippen LogP contribution in [0.15, 0.2) is 91.4 Å². The van der Waals surface area contributed by atoms with E-state index < -0.39 is 0 Å². The van der Waals surface area contributed by atoms with Crippen molar-refractivity contribution >= 4 is 44.9 Å². The average Bonchev–Trinajstić information content (AvgIpc) is 2.95. The van der Waals surface area contributed by atoms with Crippen molar-refractivity contribution in [2.75, 3.05) is 12.4 Å². The van der Waals surface area contributed by atoms with Gasteiger partial charge in [-0.1, -0.05) is 35.9 Å². The van der Waals surface area contributed by atoms with Crippen LogP contribution in [0.4, 0.5) is 11.5 Å². The number of nitrogens with one attached hydrogen (secondary N) is 1. The topological polar surface area (TPSA) is 94.9 Å². The zero-order valence-corrected chi connectivity index (χ0v) is 20.3. The van der Waals surface area contributed by atoms with E-state index in [-0.39, 0.29) is 0 Å². The van der Waals surface area contributed by atoms with E-state index in [1.165, 1.54) is 0 Å². The van der Waals surface area contributed by atoms with Gasteiger partial charge in [0, 0.05) is 46.5 Å². The van der Waals surface area contributed by atoms with Crippen LogP contribution in [0.1, 0.15) is 0 Å². The van der Waals surface area contributed by atoms with Crippen molar-refractivity contribution in [2.45, 2.75) is 0 Å². The second-order valence-electron chi connectivity index (χ2n) is 8.12. The second-order valence-corrected chi connectivity index (χ2v) is 8.50. The standard InChI is InChI=1S/C28H19ClN6O2/c1-36-20-14-23-27(32-16-20)24(12-13-30-23)37-19-9-7-18(8-10-19)33-28-22-5-3-2-4-21(22)26(34-35-28)17-6-11-25(29)31-15-17/h2-16H,1H3,(H,33,35). The summed E-state index contributed by atoms with van der Waals surface area (Å²) in [4.78, 5) is 13.0. The maximum atomic E-state index is 6.10. The number of nitrogens with zero attached hydrogens (tertiary/aromatic N) is 5. The second kappa shape index (κ2) is 9.67. The van der Waals surface area contributed by atoms with Crippen LogP contribution in [0.3, 0.4) is 0 Å². The molecule has 4 aromatic heterocycles. The number of pyridine rings is 3. The van der Waals surface area contributed by atoms with E-state index in [9.17, 15) is 0 Å². The molecule has 37 heavy (non-hydrogen) atoms. The fourth-order valence-electron chi connectivity index (χ4n) is 3.98. The Kier molecular flexibility index (Phi) is 5.92. The number of anilines is 2. The Bertz CT molecular complexity index is 1730. The Balaban J connectivity index is 1.26. The third-order valence-corrected chi connectivity index (χ3v) is 6.01. The maximum Gasteiger partial charge on any atom is 0.161 e. The lowest BCUT2D eigenvalue weighted by molar-refractivity contribution is 0.413. The van der Waals surface area contributed by atoms with Gasteiger partial charge >= 0.3 is 0 Å². The summed E-state index contributed by atoms with van der Waals surface area (Å²) in [7, 11) is 1.60. The summed E-state index contributed by atoms with van der Waals surface area (Å²) in [6.07, 6.45) is 5.02. The molecule has 0 radical (unpaired) electrons. The van der Waals surface area contributed by atoms with Crippen molar-refractivity contribution in [3.63, 3.8) is 0 Å². The molecule has 0 fully saturated rings. The van der Waals surface area contributed by atoms with Crippen LogP contribution in [0.2, 0.25) is 5.15 Å². The molecular formula is C28H19ClN6O2. The quantitative estimate of drug-likeness (QED) is 0.245. The molecule has 0 atom stereocenters. The molecule has 0 unspecified atom stereocenters. The minimum absolute atomic E-state index is 0.431. The number of fused-ring (bicyclic) bond motifs is 2. The van der Waals surface area contributed by atoms with Gasteiger partial charge in [-0.25, -0.2) is 9.97 Å². The third kappa shape index (κ3) is 4.57. The predicted octanol–water partition coefficient (Wildman–Crippen LogP) is 6.83. The van der Waals surface area contributed by atoms with E-state index >= 15 is 0 Å². The number of methoxy groups -OCH3 is 1. The third-order valence-electron chi connectivity index (χ3n) is 5.78. The normalized spacial score (nSPS) is 11.0. The van der Waals surface area contributed by atoms with Crippen LogP contribution in [-0.2, 0) is 0 Å². The van der Waals surface area contributed by atoms with Gasteiger partial charge in [-0.2, -0.15) is 0 Å². The highest BCUT2D eigenvalue weighted by molar-refractivity contribution is 6.29. The Labute approximate surface area is 216 Å². The molecule has 0 bridgehead atoms. The molecular weight excluding hydrogens is 488 g/mol. The van der Waals surface area contributed by atoms with Crippen LogP contribution >= 0.6 is 11.6 Å². The highest BCUT2D eigenvalue weighted by atomic mass is 35.5. The molecule has 0 amide bonds. The highest BCUT2D eigenvalue weighted by Crippen LogP contribution is 2.33. The zero-order chi connectivity index (χ0) is 25.2. The molecule has 0 aliphatic carbocycles. The summed E-state index contributed by atoms with van der Waals surface area (Å²) in [6.45, 7) is 0. The number of aromatic nitrogens is 5. The van der Waals surface area contributed by atoms with Gasteiger partial charge in [0.25, 0.3) is 0 Å². The number of benzene rings is 2. The van der Waals surface area contributed by atoms with Crippen LogP contribution in [-0.4, -0.2) is 32.3 Å². The van der Waals surface area contributed by atoms with Crippen molar-refractivity contribution < 1.29 is 9.47 Å². The Morgan fingerprint density at radius 2 is 1.62 bits per heavy atom. The van der Waals surface area contributed by atoms with Crippen LogP contribution in [0, 0.1) is 0 Å². The molecule has 0 aliphatic heterocycles. The lowest BCUT2D eigenvalue weighted by Crippen LogP contribution is -1.99. The van der Waals surface area contributed by atoms with Crippen LogP contribution in [0.5, 0.6) is 17.2 Å². The molecule has 0 aliphatic rings. The number of rotatable bonds is 6. The van der Waals surface area contributed by atoms with E-state index in [0.29, 0.717) is 39.3 Å². The summed E-state index contributed by atoms with van der Waals surface area (Å²) in [6, 6.07) is 22.8. The average molecular weight is 507 g/mol. The van der Waals surface area contributed by atoms with Crippen molar-refractivity contribution in [1.29, 1.82) is 0 Å². The van der Waals surface area contributed by atoms with Gasteiger partial charge in [-0.05, 0) is 36.4 Å². The monoisotopic (exact) mass is 506 g/mol. The van der Waals surface area contributed by atoms with E-state index in [1.807, 2.05) is 60.7 Å². The molecule has 8 nitrogen and oxygen atoms in total. The summed E-state index contributed by atoms with van der Waals surface area (Å²) < 4.78 is 11.3. The minimum Gasteiger partial charge on any atom is -0.495 e. The SMILES string of the molecule is COc1cnc2c(Oc3ccc(Nc4nnc(-c5ccc(Cl)nc5)c5ccccc45)cc3)ccnc2c1. The molecule has 6 rings (SSSR count). The number of halogens is 1. The minimum atomic E-state index is 0.431. The van der Waals surface area contributed by atoms with E-state index in [4.69, 9.17) is 21.1 Å². The number of ether oxygens (including phenoxy) is 2. The Morgan fingerprint density at radius 1 is 0.784 bits per heavy atom. The van der Waals surface area contributed by atoms with E-state index in [2.05, 4.69) is 30.5 Å². The van der Waals surface area contributed by atoms with Crippen LogP contribution < -0.4 is 14.8 Å². The van der Waals surface area contributed by atoms with Gasteiger partial charge in [-0.3, -0.25) is 4.98 Å². The number of hydrogen-bond acceptors (Lipinski definition) is 8. The summed E-state index contributed by atoms with van der Waals surface area (Å²) in [5.74, 6) is 2.56. The molecule has 6 aromatic rings. The van der Waals surface area contributed by atoms with Gasteiger partial charge in [0.05, 0.1) is 18.8 Å². The summed E-state index contributed by atoms with van der Waals surface area (Å²) in [5.41, 5.74) is 3.78. The molecule has 2 aromatic carbocycles. The van der Waals surface area contributed by atoms with Gasteiger partial charge in [0.2, 0.25) is 0 Å². The predicted molar refractivity (Wildman–Crippen MR) is 144 cm³/mol. The first-order valence-electron chi connectivity index (χ1n) is 11.4. The maximum absolute atomic E-state index is 6.10. The molecule has 0 spiro atoms.